The van der Waals surface area contributed by atoms with Crippen LogP contribution in [-0.2, 0) is 0 Å². The molecule has 1 N–H and O–H groups in total. The molecule has 22 heavy (non-hydrogen) atoms. The summed E-state index contributed by atoms with van der Waals surface area (Å²) in [5.41, 5.74) is 0.851. The predicted octanol–water partition coefficient (Wildman–Crippen LogP) is 2.71. The van der Waals surface area contributed by atoms with Crippen LogP contribution in [0.4, 0.5) is 0 Å². The fourth-order valence-electron chi connectivity index (χ4n) is 3.18. The Morgan fingerprint density at radius 2 is 2.23 bits per heavy atom. The average molecular weight is 300 g/mol. The molecule has 1 saturated heterocycles. The Morgan fingerprint density at radius 3 is 3.09 bits per heavy atom. The van der Waals surface area contributed by atoms with Gasteiger partial charge in [-0.05, 0) is 37.4 Å². The van der Waals surface area contributed by atoms with E-state index >= 15 is 0 Å². The molecule has 1 fully saturated rings. The highest BCUT2D eigenvalue weighted by Crippen LogP contribution is 2.23. The first-order chi connectivity index (χ1) is 10.7. The third-order valence-electron chi connectivity index (χ3n) is 4.24. The number of aromatic nitrogens is 1. The van der Waals surface area contributed by atoms with Gasteiger partial charge in [0.25, 0.3) is 0 Å². The lowest BCUT2D eigenvalue weighted by molar-refractivity contribution is 0.0541. The van der Waals surface area contributed by atoms with Gasteiger partial charge in [0.1, 0.15) is 24.0 Å². The molecular formula is C18H24N2O2. The number of likely N-dealkylation sites (tertiary alicyclic amines) is 1. The number of hydrogen-bond donors (Lipinski definition) is 1. The van der Waals surface area contributed by atoms with Crippen LogP contribution in [0.1, 0.15) is 19.8 Å². The maximum absolute atomic E-state index is 10.2. The fraction of sp³-hybridized carbons (Fsp3) is 0.500. The van der Waals surface area contributed by atoms with Crippen molar-refractivity contribution in [3.63, 3.8) is 0 Å². The summed E-state index contributed by atoms with van der Waals surface area (Å²) in [6.45, 7) is 5.42. The molecule has 0 radical (unpaired) electrons. The zero-order valence-corrected chi connectivity index (χ0v) is 13.1. The second-order valence-electron chi connectivity index (χ2n) is 6.30. The van der Waals surface area contributed by atoms with Gasteiger partial charge >= 0.3 is 0 Å². The molecule has 2 heterocycles. The molecule has 1 aromatic heterocycles. The van der Waals surface area contributed by atoms with Crippen LogP contribution in [0.15, 0.2) is 36.5 Å². The molecular weight excluding hydrogens is 276 g/mol. The lowest BCUT2D eigenvalue weighted by Crippen LogP contribution is -2.41. The van der Waals surface area contributed by atoms with E-state index in [0.717, 1.165) is 35.7 Å². The molecule has 118 valence electrons. The largest absolute Gasteiger partial charge is 0.489 e. The summed E-state index contributed by atoms with van der Waals surface area (Å²) in [6.07, 6.45) is 3.82. The summed E-state index contributed by atoms with van der Waals surface area (Å²) in [7, 11) is 0. The SMILES string of the molecule is CC1CCCN(CC(O)COc2cccc3cccnc23)C1. The standard InChI is InChI=1S/C18H24N2O2/c1-14-5-4-10-20(11-14)12-16(21)13-22-17-8-2-6-15-7-3-9-19-18(15)17/h2-3,6-9,14,16,21H,4-5,10-13H2,1H3. The Labute approximate surface area is 131 Å². The number of aliphatic hydroxyl groups excluding tert-OH is 1. The molecule has 2 atom stereocenters. The van der Waals surface area contributed by atoms with Crippen LogP contribution in [-0.4, -0.2) is 47.3 Å². The van der Waals surface area contributed by atoms with E-state index in [1.807, 2.05) is 30.3 Å². The Kier molecular flexibility index (Phi) is 4.90. The van der Waals surface area contributed by atoms with E-state index in [1.54, 1.807) is 6.20 Å². The maximum Gasteiger partial charge on any atom is 0.145 e. The van der Waals surface area contributed by atoms with Crippen molar-refractivity contribution in [3.05, 3.63) is 36.5 Å². The van der Waals surface area contributed by atoms with E-state index in [0.29, 0.717) is 13.2 Å². The van der Waals surface area contributed by atoms with Crippen LogP contribution in [0.25, 0.3) is 10.9 Å². The van der Waals surface area contributed by atoms with Gasteiger partial charge in [-0.15, -0.1) is 0 Å². The molecule has 2 aromatic rings. The molecule has 0 aliphatic carbocycles. The molecule has 3 rings (SSSR count). The van der Waals surface area contributed by atoms with Crippen molar-refractivity contribution in [1.29, 1.82) is 0 Å². The lowest BCUT2D eigenvalue weighted by Gasteiger charge is -2.32. The minimum absolute atomic E-state index is 0.306. The molecule has 0 saturated carbocycles. The summed E-state index contributed by atoms with van der Waals surface area (Å²) in [5, 5.41) is 11.3. The zero-order valence-electron chi connectivity index (χ0n) is 13.1. The van der Waals surface area contributed by atoms with Crippen molar-refractivity contribution < 1.29 is 9.84 Å². The highest BCUT2D eigenvalue weighted by Gasteiger charge is 2.19. The van der Waals surface area contributed by atoms with E-state index in [4.69, 9.17) is 4.74 Å². The number of benzene rings is 1. The molecule has 1 aliphatic rings. The van der Waals surface area contributed by atoms with Crippen molar-refractivity contribution >= 4 is 10.9 Å². The smallest absolute Gasteiger partial charge is 0.145 e. The second kappa shape index (κ2) is 7.07. The van der Waals surface area contributed by atoms with Gasteiger partial charge in [-0.2, -0.15) is 0 Å². The summed E-state index contributed by atoms with van der Waals surface area (Å²) in [5.74, 6) is 1.47. The lowest BCUT2D eigenvalue weighted by atomic mass is 10.0. The summed E-state index contributed by atoms with van der Waals surface area (Å²) in [4.78, 5) is 6.70. The minimum atomic E-state index is -0.468. The van der Waals surface area contributed by atoms with Crippen molar-refractivity contribution in [1.82, 2.24) is 9.88 Å². The number of ether oxygens (including phenoxy) is 1. The number of fused-ring (bicyclic) bond motifs is 1. The van der Waals surface area contributed by atoms with E-state index in [2.05, 4.69) is 16.8 Å². The van der Waals surface area contributed by atoms with Gasteiger partial charge in [-0.1, -0.05) is 25.1 Å². The third-order valence-corrected chi connectivity index (χ3v) is 4.24. The van der Waals surface area contributed by atoms with Gasteiger partial charge in [0, 0.05) is 24.7 Å². The van der Waals surface area contributed by atoms with Crippen LogP contribution >= 0.6 is 0 Å². The fourth-order valence-corrected chi connectivity index (χ4v) is 3.18. The number of para-hydroxylation sites is 1. The topological polar surface area (TPSA) is 45.6 Å². The highest BCUT2D eigenvalue weighted by molar-refractivity contribution is 5.84. The molecule has 4 nitrogen and oxygen atoms in total. The number of nitrogens with zero attached hydrogens (tertiary/aromatic N) is 2. The minimum Gasteiger partial charge on any atom is -0.489 e. The van der Waals surface area contributed by atoms with Crippen molar-refractivity contribution in [3.8, 4) is 5.75 Å². The Bertz CT molecular complexity index is 612. The van der Waals surface area contributed by atoms with Gasteiger partial charge in [-0.3, -0.25) is 4.98 Å². The number of piperidine rings is 1. The molecule has 1 aliphatic heterocycles. The number of hydrogen-bond acceptors (Lipinski definition) is 4. The number of pyridine rings is 1. The van der Waals surface area contributed by atoms with Gasteiger partial charge in [0.15, 0.2) is 0 Å². The van der Waals surface area contributed by atoms with Gasteiger partial charge in [0.05, 0.1) is 0 Å². The highest BCUT2D eigenvalue weighted by atomic mass is 16.5. The summed E-state index contributed by atoms with van der Waals surface area (Å²) >= 11 is 0. The van der Waals surface area contributed by atoms with E-state index in [9.17, 15) is 5.11 Å². The molecule has 4 heteroatoms. The van der Waals surface area contributed by atoms with Crippen LogP contribution in [0.2, 0.25) is 0 Å². The van der Waals surface area contributed by atoms with Crippen LogP contribution in [0, 0.1) is 5.92 Å². The quantitative estimate of drug-likeness (QED) is 0.922. The van der Waals surface area contributed by atoms with Crippen molar-refractivity contribution in [2.24, 2.45) is 5.92 Å². The molecule has 1 aromatic carbocycles. The predicted molar refractivity (Wildman–Crippen MR) is 88.1 cm³/mol. The summed E-state index contributed by atoms with van der Waals surface area (Å²) < 4.78 is 5.81. The van der Waals surface area contributed by atoms with Gasteiger partial charge < -0.3 is 14.7 Å². The normalized spacial score (nSPS) is 20.9. The van der Waals surface area contributed by atoms with Gasteiger partial charge in [0.2, 0.25) is 0 Å². The third kappa shape index (κ3) is 3.76. The van der Waals surface area contributed by atoms with Crippen LogP contribution < -0.4 is 4.74 Å². The van der Waals surface area contributed by atoms with Crippen LogP contribution in [0.3, 0.4) is 0 Å². The maximum atomic E-state index is 10.2. The zero-order chi connectivity index (χ0) is 15.4. The van der Waals surface area contributed by atoms with Crippen molar-refractivity contribution in [2.45, 2.75) is 25.9 Å². The monoisotopic (exact) mass is 300 g/mol. The molecule has 0 spiro atoms. The first-order valence-corrected chi connectivity index (χ1v) is 8.09. The Morgan fingerprint density at radius 1 is 1.36 bits per heavy atom. The number of β-amino-alcohol motifs (C(OH)–C–C–N with tert-alkyl or cyclic N) is 1. The molecule has 2 unspecified atom stereocenters. The first kappa shape index (κ1) is 15.3. The average Bonchev–Trinajstić information content (AvgIpc) is 2.53. The Hall–Kier alpha value is -1.65. The second-order valence-corrected chi connectivity index (χ2v) is 6.30. The number of rotatable bonds is 5. The molecule has 0 amide bonds. The number of aliphatic hydroxyl groups is 1. The van der Waals surface area contributed by atoms with Crippen LogP contribution in [0.5, 0.6) is 5.75 Å². The van der Waals surface area contributed by atoms with Crippen molar-refractivity contribution in [2.75, 3.05) is 26.2 Å². The van der Waals surface area contributed by atoms with Gasteiger partial charge in [-0.25, -0.2) is 0 Å². The Balaban J connectivity index is 1.57. The van der Waals surface area contributed by atoms with E-state index < -0.39 is 6.10 Å². The van der Waals surface area contributed by atoms with E-state index in [-0.39, 0.29) is 0 Å². The summed E-state index contributed by atoms with van der Waals surface area (Å²) in [6, 6.07) is 9.81. The van der Waals surface area contributed by atoms with E-state index in [1.165, 1.54) is 12.8 Å². The first-order valence-electron chi connectivity index (χ1n) is 8.09. The molecule has 0 bridgehead atoms.